The minimum Gasteiger partial charge on any atom is -0.493 e. The number of methoxy groups -OCH3 is 1. The van der Waals surface area contributed by atoms with Crippen molar-refractivity contribution in [1.29, 1.82) is 0 Å². The molecule has 4 aliphatic rings. The molecule has 1 saturated carbocycles. The number of piperidine rings is 1. The van der Waals surface area contributed by atoms with Crippen molar-refractivity contribution in [3.63, 3.8) is 0 Å². The first-order valence-corrected chi connectivity index (χ1v) is 16.3. The van der Waals surface area contributed by atoms with Crippen LogP contribution < -0.4 is 19.7 Å². The Labute approximate surface area is 257 Å². The molecule has 1 amide bonds. The molecule has 44 heavy (non-hydrogen) atoms. The number of carbonyl (C=O) groups is 1. The number of nitrogens with zero attached hydrogens (tertiary/aromatic N) is 3. The van der Waals surface area contributed by atoms with E-state index in [9.17, 15) is 18.3 Å². The normalized spacial score (nSPS) is 28.7. The molecule has 1 spiro atoms. The molecular formula is C33H36N4O6S. The number of anilines is 1. The van der Waals surface area contributed by atoms with Crippen molar-refractivity contribution < 1.29 is 27.8 Å². The van der Waals surface area contributed by atoms with E-state index in [2.05, 4.69) is 10.3 Å². The van der Waals surface area contributed by atoms with E-state index in [1.807, 2.05) is 50.5 Å². The number of amides is 1. The van der Waals surface area contributed by atoms with Gasteiger partial charge in [-0.05, 0) is 67.7 Å². The first kappa shape index (κ1) is 28.8. The van der Waals surface area contributed by atoms with Gasteiger partial charge in [0.05, 0.1) is 41.6 Å². The molecule has 2 aliphatic carbocycles. The van der Waals surface area contributed by atoms with E-state index < -0.39 is 39.2 Å². The van der Waals surface area contributed by atoms with Crippen LogP contribution in [0.3, 0.4) is 0 Å². The van der Waals surface area contributed by atoms with Crippen molar-refractivity contribution in [3.05, 3.63) is 83.7 Å². The lowest BCUT2D eigenvalue weighted by Crippen LogP contribution is -2.78. The summed E-state index contributed by atoms with van der Waals surface area (Å²) in [6.07, 6.45) is 5.55. The Morgan fingerprint density at radius 3 is 2.70 bits per heavy atom. The molecule has 2 bridgehead atoms. The van der Waals surface area contributed by atoms with Crippen LogP contribution in [0.2, 0.25) is 0 Å². The topological polar surface area (TPSA) is 121 Å². The molecule has 3 heterocycles. The lowest BCUT2D eigenvalue weighted by Gasteiger charge is -2.63. The van der Waals surface area contributed by atoms with E-state index >= 15 is 0 Å². The van der Waals surface area contributed by atoms with Gasteiger partial charge in [0.1, 0.15) is 11.0 Å². The molecule has 7 rings (SSSR count). The van der Waals surface area contributed by atoms with Gasteiger partial charge < -0.3 is 24.8 Å². The summed E-state index contributed by atoms with van der Waals surface area (Å²) in [7, 11) is 1.24. The number of nitrogens with one attached hydrogen (secondary N) is 1. The molecule has 5 atom stereocenters. The maximum atomic E-state index is 14.4. The van der Waals surface area contributed by atoms with Gasteiger partial charge in [0.2, 0.25) is 15.9 Å². The Bertz CT molecular complexity index is 1760. The molecule has 2 aliphatic heterocycles. The van der Waals surface area contributed by atoms with Crippen LogP contribution in [-0.4, -0.2) is 80.3 Å². The lowest BCUT2D eigenvalue weighted by molar-refractivity contribution is -0.177. The highest BCUT2D eigenvalue weighted by molar-refractivity contribution is 7.89. The molecule has 1 aromatic heterocycles. The zero-order valence-corrected chi connectivity index (χ0v) is 25.8. The minimum atomic E-state index is -3.98. The number of benzene rings is 2. The summed E-state index contributed by atoms with van der Waals surface area (Å²) in [6.45, 7) is 0.202. The van der Waals surface area contributed by atoms with E-state index in [4.69, 9.17) is 9.47 Å². The maximum absolute atomic E-state index is 14.4. The number of carbonyl (C=O) groups excluding carboxylic acids is 1. The molecule has 11 heteroatoms. The fourth-order valence-electron chi connectivity index (χ4n) is 8.13. The molecule has 0 radical (unpaired) electrons. The highest BCUT2D eigenvalue weighted by atomic mass is 32.2. The Morgan fingerprint density at radius 1 is 1.16 bits per heavy atom. The summed E-state index contributed by atoms with van der Waals surface area (Å²) in [5.41, 5.74) is 0.720. The molecular weight excluding hydrogens is 580 g/mol. The van der Waals surface area contributed by atoms with Gasteiger partial charge in [-0.1, -0.05) is 24.3 Å². The third-order valence-electron chi connectivity index (χ3n) is 9.97. The van der Waals surface area contributed by atoms with Crippen LogP contribution in [0, 0.1) is 0 Å². The molecule has 2 N–H and O–H groups in total. The summed E-state index contributed by atoms with van der Waals surface area (Å²) in [4.78, 5) is 19.4. The van der Waals surface area contributed by atoms with Gasteiger partial charge in [0, 0.05) is 38.5 Å². The van der Waals surface area contributed by atoms with Crippen LogP contribution >= 0.6 is 0 Å². The lowest BCUT2D eigenvalue weighted by atomic mass is 9.48. The van der Waals surface area contributed by atoms with Crippen molar-refractivity contribution >= 4 is 27.7 Å². The third kappa shape index (κ3) is 4.02. The average molecular weight is 617 g/mol. The average Bonchev–Trinajstić information content (AvgIpc) is 3.37. The van der Waals surface area contributed by atoms with Crippen LogP contribution in [0.15, 0.2) is 71.8 Å². The van der Waals surface area contributed by atoms with Gasteiger partial charge in [-0.25, -0.2) is 8.42 Å². The largest absolute Gasteiger partial charge is 0.493 e. The Balaban J connectivity index is 1.29. The van der Waals surface area contributed by atoms with E-state index in [1.54, 1.807) is 42.5 Å². The van der Waals surface area contributed by atoms with Gasteiger partial charge in [-0.3, -0.25) is 9.78 Å². The minimum absolute atomic E-state index is 0.202. The van der Waals surface area contributed by atoms with Crippen molar-refractivity contribution in [1.82, 2.24) is 14.6 Å². The zero-order chi connectivity index (χ0) is 30.9. The van der Waals surface area contributed by atoms with Gasteiger partial charge in [-0.2, -0.15) is 4.31 Å². The van der Waals surface area contributed by atoms with Crippen LogP contribution in [0.5, 0.6) is 11.5 Å². The number of aliphatic hydroxyl groups is 1. The van der Waals surface area contributed by atoms with Crippen LogP contribution in [0.25, 0.3) is 6.08 Å². The molecule has 230 valence electrons. The van der Waals surface area contributed by atoms with Gasteiger partial charge >= 0.3 is 0 Å². The number of para-hydroxylation sites is 1. The number of sulfonamides is 1. The van der Waals surface area contributed by atoms with Crippen molar-refractivity contribution in [2.45, 2.75) is 59.8 Å². The van der Waals surface area contributed by atoms with Crippen molar-refractivity contribution in [2.24, 2.45) is 0 Å². The standard InChI is InChI=1S/C33H36N4O6S/c1-36(2)24-9-4-5-10-26(24)44(40,41)37-19-17-32-29-21-11-13-25(42-3)30(29)43-31(32)23(15-16-33(32,39)27(37)20-21)35-28(38)14-12-22-8-6-7-18-34-22/h4-14,18,23,27,31,39H,15-17,19-20H2,1-3H3,(H,35,38)/b14-12+/t23-,27-,31+,32+,33-/m0/s1. The first-order chi connectivity index (χ1) is 21.1. The Kier molecular flexibility index (Phi) is 6.76. The predicted octanol–water partition coefficient (Wildman–Crippen LogP) is 2.90. The second-order valence-corrected chi connectivity index (χ2v) is 14.1. The van der Waals surface area contributed by atoms with E-state index in [0.29, 0.717) is 48.6 Å². The summed E-state index contributed by atoms with van der Waals surface area (Å²) in [5, 5.41) is 16.0. The fourth-order valence-corrected chi connectivity index (χ4v) is 10.1. The summed E-state index contributed by atoms with van der Waals surface area (Å²) >= 11 is 0. The fraction of sp³-hybridized carbons (Fsp3) is 0.394. The Hall–Kier alpha value is -3.93. The van der Waals surface area contributed by atoms with E-state index in [-0.39, 0.29) is 17.3 Å². The number of hydrogen-bond donors (Lipinski definition) is 2. The zero-order valence-electron chi connectivity index (χ0n) is 24.9. The second kappa shape index (κ2) is 10.3. The number of pyridine rings is 1. The highest BCUT2D eigenvalue weighted by Gasteiger charge is 2.74. The molecule has 0 unspecified atom stereocenters. The first-order valence-electron chi connectivity index (χ1n) is 14.9. The van der Waals surface area contributed by atoms with Crippen molar-refractivity contribution in [2.75, 3.05) is 32.6 Å². The molecule has 3 aromatic rings. The van der Waals surface area contributed by atoms with Gasteiger partial charge in [0.25, 0.3) is 0 Å². The monoisotopic (exact) mass is 616 g/mol. The third-order valence-corrected chi connectivity index (χ3v) is 11.9. The smallest absolute Gasteiger partial charge is 0.245 e. The van der Waals surface area contributed by atoms with Crippen LogP contribution in [0.4, 0.5) is 5.69 Å². The molecule has 2 fully saturated rings. The predicted molar refractivity (Wildman–Crippen MR) is 165 cm³/mol. The quantitative estimate of drug-likeness (QED) is 0.389. The highest BCUT2D eigenvalue weighted by Crippen LogP contribution is 2.66. The number of ether oxygens (including phenoxy) is 2. The van der Waals surface area contributed by atoms with Crippen LogP contribution in [-0.2, 0) is 26.7 Å². The summed E-state index contributed by atoms with van der Waals surface area (Å²) < 4.78 is 42.7. The summed E-state index contributed by atoms with van der Waals surface area (Å²) in [6, 6.07) is 15.1. The number of rotatable bonds is 7. The van der Waals surface area contributed by atoms with Gasteiger partial charge in [-0.15, -0.1) is 0 Å². The second-order valence-electron chi connectivity index (χ2n) is 12.3. The Morgan fingerprint density at radius 2 is 1.95 bits per heavy atom. The molecule has 10 nitrogen and oxygen atoms in total. The molecule has 1 saturated heterocycles. The van der Waals surface area contributed by atoms with Gasteiger partial charge in [0.15, 0.2) is 11.5 Å². The maximum Gasteiger partial charge on any atom is 0.245 e. The summed E-state index contributed by atoms with van der Waals surface area (Å²) in [5.74, 6) is 0.844. The van der Waals surface area contributed by atoms with Crippen LogP contribution in [0.1, 0.15) is 36.1 Å². The number of aromatic nitrogens is 1. The van der Waals surface area contributed by atoms with Crippen molar-refractivity contribution in [3.8, 4) is 11.5 Å². The number of hydrogen-bond acceptors (Lipinski definition) is 8. The SMILES string of the molecule is COc1ccc2c3c1O[C@@H]1[C@@H](NC(=O)/C=C/c4ccccn4)CC[C@]4(O)[C@H](C2)N(S(=O)(=O)c2ccccc2N(C)C)CC[C@@]314. The van der Waals surface area contributed by atoms with E-state index in [0.717, 1.165) is 11.1 Å². The van der Waals surface area contributed by atoms with E-state index in [1.165, 1.54) is 10.4 Å². The molecule has 2 aromatic carbocycles.